The molecule has 0 amide bonds. The van der Waals surface area contributed by atoms with Crippen LogP contribution in [-0.2, 0) is 0 Å². The highest BCUT2D eigenvalue weighted by atomic mass is 35.5. The van der Waals surface area contributed by atoms with Gasteiger partial charge >= 0.3 is 0 Å². The van der Waals surface area contributed by atoms with Crippen LogP contribution >= 0.6 is 11.6 Å². The second-order valence-corrected chi connectivity index (χ2v) is 4.92. The molecule has 1 aromatic heterocycles. The Morgan fingerprint density at radius 2 is 2.12 bits per heavy atom. The van der Waals surface area contributed by atoms with Gasteiger partial charge in [-0.15, -0.1) is 0 Å². The number of hydrogen-bond donors (Lipinski definition) is 1. The average molecular weight is 252 g/mol. The molecule has 2 nitrogen and oxygen atoms in total. The van der Waals surface area contributed by atoms with E-state index in [0.717, 1.165) is 28.2 Å². The van der Waals surface area contributed by atoms with Crippen molar-refractivity contribution >= 4 is 22.6 Å². The van der Waals surface area contributed by atoms with Gasteiger partial charge < -0.3 is 9.73 Å². The van der Waals surface area contributed by atoms with Gasteiger partial charge in [-0.05, 0) is 37.2 Å². The molecular weight excluding hydrogens is 234 g/mol. The summed E-state index contributed by atoms with van der Waals surface area (Å²) in [6, 6.07) is 8.05. The van der Waals surface area contributed by atoms with Crippen molar-refractivity contribution in [2.24, 2.45) is 5.92 Å². The van der Waals surface area contributed by atoms with Crippen molar-refractivity contribution in [1.29, 1.82) is 0 Å². The molecule has 1 aromatic carbocycles. The van der Waals surface area contributed by atoms with Gasteiger partial charge in [0, 0.05) is 10.4 Å². The average Bonchev–Trinajstić information content (AvgIpc) is 2.72. The van der Waals surface area contributed by atoms with Crippen LogP contribution in [0.5, 0.6) is 0 Å². The Hall–Kier alpha value is -0.990. The molecule has 0 radical (unpaired) electrons. The lowest BCUT2D eigenvalue weighted by molar-refractivity contribution is 0.344. The summed E-state index contributed by atoms with van der Waals surface area (Å²) in [6.07, 6.45) is 1.11. The number of nitrogens with one attached hydrogen (secondary N) is 1. The molecule has 0 saturated carbocycles. The van der Waals surface area contributed by atoms with Crippen LogP contribution in [0.15, 0.2) is 28.7 Å². The summed E-state index contributed by atoms with van der Waals surface area (Å²) in [7, 11) is 1.97. The summed E-state index contributed by atoms with van der Waals surface area (Å²) < 4.78 is 5.88. The standard InChI is InChI=1S/C14H18ClNO/c1-4-9(2)14(16-3)13-8-10-7-11(15)5-6-12(10)17-13/h5-9,14,16H,4H2,1-3H3. The van der Waals surface area contributed by atoms with Crippen molar-refractivity contribution in [3.05, 3.63) is 35.0 Å². The van der Waals surface area contributed by atoms with Crippen molar-refractivity contribution in [3.63, 3.8) is 0 Å². The highest BCUT2D eigenvalue weighted by molar-refractivity contribution is 6.31. The maximum absolute atomic E-state index is 5.97. The number of rotatable bonds is 4. The number of halogens is 1. The van der Waals surface area contributed by atoms with E-state index in [1.54, 1.807) is 0 Å². The minimum Gasteiger partial charge on any atom is -0.459 e. The topological polar surface area (TPSA) is 25.2 Å². The van der Waals surface area contributed by atoms with E-state index in [-0.39, 0.29) is 6.04 Å². The second-order valence-electron chi connectivity index (χ2n) is 4.48. The minimum atomic E-state index is 0.256. The first-order valence-corrected chi connectivity index (χ1v) is 6.39. The van der Waals surface area contributed by atoms with E-state index >= 15 is 0 Å². The predicted molar refractivity (Wildman–Crippen MR) is 72.5 cm³/mol. The zero-order valence-corrected chi connectivity index (χ0v) is 11.2. The zero-order valence-electron chi connectivity index (χ0n) is 10.5. The van der Waals surface area contributed by atoms with E-state index < -0.39 is 0 Å². The van der Waals surface area contributed by atoms with Crippen LogP contribution in [-0.4, -0.2) is 7.05 Å². The minimum absolute atomic E-state index is 0.256. The van der Waals surface area contributed by atoms with Gasteiger partial charge in [-0.25, -0.2) is 0 Å². The molecule has 0 spiro atoms. The molecule has 2 rings (SSSR count). The predicted octanol–water partition coefficient (Wildman–Crippen LogP) is 4.39. The fraction of sp³-hybridized carbons (Fsp3) is 0.429. The van der Waals surface area contributed by atoms with Crippen LogP contribution in [0.4, 0.5) is 0 Å². The molecule has 0 aliphatic carbocycles. The molecular formula is C14H18ClNO. The third-order valence-corrected chi connectivity index (χ3v) is 3.56. The molecule has 0 fully saturated rings. The Kier molecular flexibility index (Phi) is 3.75. The smallest absolute Gasteiger partial charge is 0.134 e. The summed E-state index contributed by atoms with van der Waals surface area (Å²) in [5.41, 5.74) is 0.896. The number of hydrogen-bond acceptors (Lipinski definition) is 2. The van der Waals surface area contributed by atoms with Gasteiger partial charge in [0.25, 0.3) is 0 Å². The number of benzene rings is 1. The molecule has 92 valence electrons. The largest absolute Gasteiger partial charge is 0.459 e. The van der Waals surface area contributed by atoms with E-state index in [1.807, 2.05) is 25.2 Å². The normalized spacial score (nSPS) is 15.1. The van der Waals surface area contributed by atoms with Crippen LogP contribution < -0.4 is 5.32 Å². The van der Waals surface area contributed by atoms with Crippen LogP contribution in [0, 0.1) is 5.92 Å². The molecule has 1 heterocycles. The van der Waals surface area contributed by atoms with E-state index in [1.165, 1.54) is 0 Å². The van der Waals surface area contributed by atoms with Crippen molar-refractivity contribution in [1.82, 2.24) is 5.32 Å². The van der Waals surface area contributed by atoms with E-state index in [0.29, 0.717) is 5.92 Å². The first kappa shape index (κ1) is 12.5. The Labute approximate surface area is 107 Å². The first-order chi connectivity index (χ1) is 8.15. The molecule has 17 heavy (non-hydrogen) atoms. The van der Waals surface area contributed by atoms with Crippen molar-refractivity contribution in [3.8, 4) is 0 Å². The Bertz CT molecular complexity index is 506. The Balaban J connectivity index is 2.41. The molecule has 2 unspecified atom stereocenters. The maximum atomic E-state index is 5.97. The third kappa shape index (κ3) is 2.48. The van der Waals surface area contributed by atoms with Crippen LogP contribution in [0.25, 0.3) is 11.0 Å². The summed E-state index contributed by atoms with van der Waals surface area (Å²) in [5, 5.41) is 5.13. The molecule has 0 bridgehead atoms. The lowest BCUT2D eigenvalue weighted by Crippen LogP contribution is -2.22. The van der Waals surface area contributed by atoms with Gasteiger partial charge in [0.15, 0.2) is 0 Å². The molecule has 3 heteroatoms. The van der Waals surface area contributed by atoms with Gasteiger partial charge in [0.1, 0.15) is 11.3 Å². The third-order valence-electron chi connectivity index (χ3n) is 3.33. The van der Waals surface area contributed by atoms with Crippen LogP contribution in [0.1, 0.15) is 32.1 Å². The summed E-state index contributed by atoms with van der Waals surface area (Å²) in [5.74, 6) is 1.52. The lowest BCUT2D eigenvalue weighted by Gasteiger charge is -2.19. The van der Waals surface area contributed by atoms with E-state index in [2.05, 4.69) is 25.2 Å². The van der Waals surface area contributed by atoms with Gasteiger partial charge in [0.2, 0.25) is 0 Å². The molecule has 0 aliphatic heterocycles. The van der Waals surface area contributed by atoms with Crippen molar-refractivity contribution in [2.75, 3.05) is 7.05 Å². The Morgan fingerprint density at radius 1 is 1.35 bits per heavy atom. The fourth-order valence-electron chi connectivity index (χ4n) is 2.13. The summed E-state index contributed by atoms with van der Waals surface area (Å²) in [6.45, 7) is 4.41. The highest BCUT2D eigenvalue weighted by Crippen LogP contribution is 2.30. The summed E-state index contributed by atoms with van der Waals surface area (Å²) >= 11 is 5.97. The van der Waals surface area contributed by atoms with Crippen LogP contribution in [0.3, 0.4) is 0 Å². The highest BCUT2D eigenvalue weighted by Gasteiger charge is 2.19. The summed E-state index contributed by atoms with van der Waals surface area (Å²) in [4.78, 5) is 0. The molecule has 0 aliphatic rings. The Morgan fingerprint density at radius 3 is 2.76 bits per heavy atom. The lowest BCUT2D eigenvalue weighted by atomic mass is 9.97. The van der Waals surface area contributed by atoms with Gasteiger partial charge in [-0.1, -0.05) is 31.9 Å². The molecule has 0 saturated heterocycles. The molecule has 2 aromatic rings. The van der Waals surface area contributed by atoms with Gasteiger partial charge in [-0.3, -0.25) is 0 Å². The number of fused-ring (bicyclic) bond motifs is 1. The molecule has 1 N–H and O–H groups in total. The van der Waals surface area contributed by atoms with Gasteiger partial charge in [-0.2, -0.15) is 0 Å². The zero-order chi connectivity index (χ0) is 12.4. The maximum Gasteiger partial charge on any atom is 0.134 e. The monoisotopic (exact) mass is 251 g/mol. The molecule has 2 atom stereocenters. The van der Waals surface area contributed by atoms with Crippen molar-refractivity contribution < 1.29 is 4.42 Å². The second kappa shape index (κ2) is 5.11. The first-order valence-electron chi connectivity index (χ1n) is 6.02. The quantitative estimate of drug-likeness (QED) is 0.872. The fourth-order valence-corrected chi connectivity index (χ4v) is 2.31. The SMILES string of the molecule is CCC(C)C(NC)c1cc2cc(Cl)ccc2o1. The van der Waals surface area contributed by atoms with Gasteiger partial charge in [0.05, 0.1) is 6.04 Å². The van der Waals surface area contributed by atoms with E-state index in [9.17, 15) is 0 Å². The van der Waals surface area contributed by atoms with Crippen LogP contribution in [0.2, 0.25) is 5.02 Å². The number of furan rings is 1. The van der Waals surface area contributed by atoms with Crippen molar-refractivity contribution in [2.45, 2.75) is 26.3 Å². The van der Waals surface area contributed by atoms with E-state index in [4.69, 9.17) is 16.0 Å².